The van der Waals surface area contributed by atoms with E-state index in [1.54, 1.807) is 6.92 Å². The Morgan fingerprint density at radius 1 is 1.17 bits per heavy atom. The third-order valence-electron chi connectivity index (χ3n) is 2.86. The van der Waals surface area contributed by atoms with Crippen LogP contribution in [0.5, 0.6) is 11.5 Å². The van der Waals surface area contributed by atoms with E-state index in [0.29, 0.717) is 12.4 Å². The molecule has 23 heavy (non-hydrogen) atoms. The van der Waals surface area contributed by atoms with Crippen molar-refractivity contribution in [1.82, 2.24) is 0 Å². The summed E-state index contributed by atoms with van der Waals surface area (Å²) in [6.45, 7) is 2.24. The van der Waals surface area contributed by atoms with Gasteiger partial charge in [0.05, 0.1) is 16.4 Å². The number of hydrogen-bond acceptors (Lipinski definition) is 6. The molecule has 1 N–H and O–H groups in total. The maximum absolute atomic E-state index is 12.2. The van der Waals surface area contributed by atoms with E-state index in [0.717, 1.165) is 18.2 Å². The summed E-state index contributed by atoms with van der Waals surface area (Å²) in [5.41, 5.74) is -0.762. The maximum atomic E-state index is 12.2. The highest BCUT2D eigenvalue weighted by atomic mass is 32.2. The molecule has 2 rings (SSSR count). The lowest BCUT2D eigenvalue weighted by Gasteiger charge is -2.15. The summed E-state index contributed by atoms with van der Waals surface area (Å²) in [4.78, 5) is 9.91. The molecule has 9 heteroatoms. The number of nitrogens with one attached hydrogen (secondary N) is 1. The number of benzene rings is 2. The van der Waals surface area contributed by atoms with Gasteiger partial charge in [-0.2, -0.15) is 0 Å². The maximum Gasteiger partial charge on any atom is 0.271 e. The molecule has 122 valence electrons. The molecule has 0 radical (unpaired) electrons. The molecule has 0 aromatic heterocycles. The second-order valence-corrected chi connectivity index (χ2v) is 6.13. The summed E-state index contributed by atoms with van der Waals surface area (Å²) in [6, 6.07) is 8.41. The number of nitro benzene ring substituents is 1. The molecule has 2 aromatic carbocycles. The Kier molecular flexibility index (Phi) is 4.70. The molecule has 0 bridgehead atoms. The molecular formula is C14H13N2O6S-. The average molecular weight is 337 g/mol. The summed E-state index contributed by atoms with van der Waals surface area (Å²) in [5.74, 6) is -0.156. The van der Waals surface area contributed by atoms with Crippen LogP contribution in [0.2, 0.25) is 0 Å². The van der Waals surface area contributed by atoms with Gasteiger partial charge in [-0.15, -0.1) is 0 Å². The molecule has 0 saturated carbocycles. The average Bonchev–Trinajstić information content (AvgIpc) is 2.50. The van der Waals surface area contributed by atoms with E-state index in [9.17, 15) is 23.6 Å². The van der Waals surface area contributed by atoms with Gasteiger partial charge in [-0.25, -0.2) is 8.42 Å². The third kappa shape index (κ3) is 3.89. The quantitative estimate of drug-likeness (QED) is 0.634. The van der Waals surface area contributed by atoms with Crippen LogP contribution in [0.1, 0.15) is 6.92 Å². The van der Waals surface area contributed by atoms with Crippen molar-refractivity contribution in [2.24, 2.45) is 0 Å². The Hall–Kier alpha value is -2.81. The summed E-state index contributed by atoms with van der Waals surface area (Å²) in [7, 11) is -4.04. The molecule has 0 aliphatic carbocycles. The molecule has 0 aliphatic heterocycles. The van der Waals surface area contributed by atoms with Gasteiger partial charge in [0.25, 0.3) is 15.7 Å². The summed E-state index contributed by atoms with van der Waals surface area (Å²) >= 11 is 0. The summed E-state index contributed by atoms with van der Waals surface area (Å²) in [6.07, 6.45) is 0. The van der Waals surface area contributed by atoms with Gasteiger partial charge in [0.1, 0.15) is 5.75 Å². The smallest absolute Gasteiger partial charge is 0.271 e. The Balaban J connectivity index is 2.30. The highest BCUT2D eigenvalue weighted by Gasteiger charge is 2.16. The van der Waals surface area contributed by atoms with Crippen molar-refractivity contribution in [3.63, 3.8) is 0 Å². The van der Waals surface area contributed by atoms with Crippen LogP contribution in [0.15, 0.2) is 47.4 Å². The Labute approximate surface area is 132 Å². The van der Waals surface area contributed by atoms with Crippen LogP contribution < -0.4 is 14.6 Å². The fourth-order valence-corrected chi connectivity index (χ4v) is 2.86. The second kappa shape index (κ2) is 6.53. The highest BCUT2D eigenvalue weighted by Crippen LogP contribution is 2.28. The van der Waals surface area contributed by atoms with E-state index in [1.165, 1.54) is 24.3 Å². The highest BCUT2D eigenvalue weighted by molar-refractivity contribution is 7.92. The van der Waals surface area contributed by atoms with Crippen LogP contribution in [0.4, 0.5) is 11.4 Å². The predicted molar refractivity (Wildman–Crippen MR) is 81.0 cm³/mol. The minimum atomic E-state index is -4.04. The van der Waals surface area contributed by atoms with Crippen molar-refractivity contribution in [3.05, 3.63) is 52.6 Å². The van der Waals surface area contributed by atoms with Crippen molar-refractivity contribution >= 4 is 21.4 Å². The zero-order valence-corrected chi connectivity index (χ0v) is 12.9. The number of anilines is 1. The van der Waals surface area contributed by atoms with Crippen molar-refractivity contribution in [2.45, 2.75) is 11.8 Å². The Morgan fingerprint density at radius 3 is 2.39 bits per heavy atom. The van der Waals surface area contributed by atoms with Crippen molar-refractivity contribution < 1.29 is 23.2 Å². The summed E-state index contributed by atoms with van der Waals surface area (Å²) < 4.78 is 31.8. The van der Waals surface area contributed by atoms with Gasteiger partial charge in [0.15, 0.2) is 0 Å². The van der Waals surface area contributed by atoms with Gasteiger partial charge < -0.3 is 9.84 Å². The van der Waals surface area contributed by atoms with Gasteiger partial charge in [-0.3, -0.25) is 14.8 Å². The zero-order chi connectivity index (χ0) is 17.0. The normalized spacial score (nSPS) is 11.0. The number of sulfonamides is 1. The van der Waals surface area contributed by atoms with E-state index in [-0.39, 0.29) is 16.3 Å². The molecule has 8 nitrogen and oxygen atoms in total. The standard InChI is InChI=1S/C14H14N2O6S/c1-2-22-11-4-6-12(7-5-11)23(20,21)15-13-9-10(16(18)19)3-8-14(13)17/h3-9,15,17H,2H2,1H3/p-1. The first-order chi connectivity index (χ1) is 10.8. The molecular weight excluding hydrogens is 324 g/mol. The first-order valence-electron chi connectivity index (χ1n) is 6.54. The van der Waals surface area contributed by atoms with E-state index in [2.05, 4.69) is 4.72 Å². The molecule has 0 amide bonds. The van der Waals surface area contributed by atoms with Crippen LogP contribution in [-0.4, -0.2) is 19.9 Å². The number of ether oxygens (including phenoxy) is 1. The first-order valence-corrected chi connectivity index (χ1v) is 8.03. The van der Waals surface area contributed by atoms with E-state index < -0.39 is 20.7 Å². The fraction of sp³-hybridized carbons (Fsp3) is 0.143. The van der Waals surface area contributed by atoms with Crippen molar-refractivity contribution in [1.29, 1.82) is 0 Å². The van der Waals surface area contributed by atoms with Crippen molar-refractivity contribution in [2.75, 3.05) is 11.3 Å². The Bertz CT molecular complexity index is 818. The number of non-ortho nitro benzene ring substituents is 1. The van der Waals surface area contributed by atoms with Crippen molar-refractivity contribution in [3.8, 4) is 11.5 Å². The van der Waals surface area contributed by atoms with Crippen LogP contribution in [0.3, 0.4) is 0 Å². The van der Waals surface area contributed by atoms with E-state index in [1.807, 2.05) is 0 Å². The van der Waals surface area contributed by atoms with E-state index >= 15 is 0 Å². The number of nitrogens with zero attached hydrogens (tertiary/aromatic N) is 1. The fourth-order valence-electron chi connectivity index (χ4n) is 1.80. The Morgan fingerprint density at radius 2 is 1.83 bits per heavy atom. The van der Waals surface area contributed by atoms with Crippen LogP contribution in [0.25, 0.3) is 0 Å². The van der Waals surface area contributed by atoms with E-state index in [4.69, 9.17) is 4.74 Å². The summed E-state index contributed by atoms with van der Waals surface area (Å²) in [5, 5.41) is 22.4. The third-order valence-corrected chi connectivity index (χ3v) is 4.24. The number of hydrogen-bond donors (Lipinski definition) is 1. The van der Waals surface area contributed by atoms with Crippen LogP contribution in [0, 0.1) is 10.1 Å². The minimum Gasteiger partial charge on any atom is -0.871 e. The van der Waals surface area contributed by atoms with Crippen LogP contribution >= 0.6 is 0 Å². The molecule has 0 saturated heterocycles. The largest absolute Gasteiger partial charge is 0.871 e. The number of nitro groups is 1. The molecule has 0 unspecified atom stereocenters. The van der Waals surface area contributed by atoms with Gasteiger partial charge in [-0.05, 0) is 31.2 Å². The molecule has 2 aromatic rings. The van der Waals surface area contributed by atoms with Gasteiger partial charge >= 0.3 is 0 Å². The molecule has 0 atom stereocenters. The van der Waals surface area contributed by atoms with Crippen LogP contribution in [-0.2, 0) is 10.0 Å². The lowest BCUT2D eigenvalue weighted by molar-refractivity contribution is -0.385. The predicted octanol–water partition coefficient (Wildman–Crippen LogP) is 1.87. The molecule has 0 aliphatic rings. The topological polar surface area (TPSA) is 122 Å². The van der Waals surface area contributed by atoms with Gasteiger partial charge in [0, 0.05) is 17.8 Å². The minimum absolute atomic E-state index is 0.0909. The molecule has 0 spiro atoms. The molecule has 0 fully saturated rings. The number of rotatable bonds is 6. The molecule has 0 heterocycles. The SMILES string of the molecule is CCOc1ccc(S(=O)(=O)Nc2cc([N+](=O)[O-])ccc2[O-])cc1. The second-order valence-electron chi connectivity index (χ2n) is 4.45. The first kappa shape index (κ1) is 16.6. The monoisotopic (exact) mass is 337 g/mol. The lowest BCUT2D eigenvalue weighted by atomic mass is 10.2. The van der Waals surface area contributed by atoms with Gasteiger partial charge in [0.2, 0.25) is 0 Å². The van der Waals surface area contributed by atoms with Gasteiger partial charge in [-0.1, -0.05) is 11.8 Å². The zero-order valence-electron chi connectivity index (χ0n) is 12.1. The lowest BCUT2D eigenvalue weighted by Crippen LogP contribution is -2.14.